The minimum atomic E-state index is -0.627. The van der Waals surface area contributed by atoms with E-state index in [1.165, 1.54) is 6.42 Å². The third kappa shape index (κ3) is 3.80. The lowest BCUT2D eigenvalue weighted by molar-refractivity contribution is -0.123. The van der Waals surface area contributed by atoms with Crippen molar-refractivity contribution in [2.24, 2.45) is 12.8 Å². The Morgan fingerprint density at radius 2 is 2.25 bits per heavy atom. The molecule has 0 aromatic carbocycles. The number of amides is 1. The average Bonchev–Trinajstić information content (AvgIpc) is 2.87. The molecule has 3 N–H and O–H groups in total. The van der Waals surface area contributed by atoms with Gasteiger partial charge in [0.1, 0.15) is 6.04 Å². The maximum Gasteiger partial charge on any atom is 0.241 e. The van der Waals surface area contributed by atoms with Crippen molar-refractivity contribution in [3.63, 3.8) is 0 Å². The smallest absolute Gasteiger partial charge is 0.241 e. The first kappa shape index (κ1) is 15.0. The molecule has 6 heteroatoms. The van der Waals surface area contributed by atoms with Crippen LogP contribution in [0.15, 0.2) is 12.4 Å². The zero-order valence-electron chi connectivity index (χ0n) is 12.4. The molecule has 6 nitrogen and oxygen atoms in total. The number of nitrogens with two attached hydrogens (primary N) is 1. The summed E-state index contributed by atoms with van der Waals surface area (Å²) >= 11 is 0. The van der Waals surface area contributed by atoms with Crippen LogP contribution in [-0.2, 0) is 11.8 Å². The molecule has 0 saturated carbocycles. The van der Waals surface area contributed by atoms with Crippen LogP contribution in [0.5, 0.6) is 0 Å². The van der Waals surface area contributed by atoms with Crippen molar-refractivity contribution in [3.8, 4) is 0 Å². The SMILES string of the molecule is CCCN1CCC(NC(=O)C(N)c2cnn(C)c2)CC1. The zero-order valence-corrected chi connectivity index (χ0v) is 12.4. The fraction of sp³-hybridized carbons (Fsp3) is 0.714. The molecular weight excluding hydrogens is 254 g/mol. The Kier molecular flexibility index (Phi) is 5.14. The molecule has 112 valence electrons. The lowest BCUT2D eigenvalue weighted by Crippen LogP contribution is -2.47. The van der Waals surface area contributed by atoms with Gasteiger partial charge in [-0.2, -0.15) is 5.10 Å². The first-order chi connectivity index (χ1) is 9.60. The van der Waals surface area contributed by atoms with Crippen LogP contribution in [-0.4, -0.2) is 46.3 Å². The van der Waals surface area contributed by atoms with Crippen LogP contribution in [0, 0.1) is 0 Å². The number of nitrogens with one attached hydrogen (secondary N) is 1. The number of carbonyl (C=O) groups is 1. The molecule has 20 heavy (non-hydrogen) atoms. The van der Waals surface area contributed by atoms with Crippen LogP contribution >= 0.6 is 0 Å². The van der Waals surface area contributed by atoms with E-state index in [1.54, 1.807) is 17.1 Å². The van der Waals surface area contributed by atoms with Gasteiger partial charge in [-0.25, -0.2) is 0 Å². The van der Waals surface area contributed by atoms with Crippen LogP contribution in [0.3, 0.4) is 0 Å². The van der Waals surface area contributed by atoms with Crippen molar-refractivity contribution < 1.29 is 4.79 Å². The molecule has 1 aliphatic rings. The quantitative estimate of drug-likeness (QED) is 0.818. The third-order valence-electron chi connectivity index (χ3n) is 3.84. The van der Waals surface area contributed by atoms with Crippen molar-refractivity contribution >= 4 is 5.91 Å². The summed E-state index contributed by atoms with van der Waals surface area (Å²) < 4.78 is 1.66. The Labute approximate surface area is 120 Å². The normalized spacial score (nSPS) is 18.9. The summed E-state index contributed by atoms with van der Waals surface area (Å²) in [5.41, 5.74) is 6.73. The number of aryl methyl sites for hydroxylation is 1. The molecule has 1 saturated heterocycles. The third-order valence-corrected chi connectivity index (χ3v) is 3.84. The lowest BCUT2D eigenvalue weighted by Gasteiger charge is -2.32. The second kappa shape index (κ2) is 6.85. The maximum absolute atomic E-state index is 12.1. The summed E-state index contributed by atoms with van der Waals surface area (Å²) in [6, 6.07) is -0.379. The van der Waals surface area contributed by atoms with Crippen molar-refractivity contribution in [1.29, 1.82) is 0 Å². The lowest BCUT2D eigenvalue weighted by atomic mass is 10.0. The van der Waals surface area contributed by atoms with E-state index in [2.05, 4.69) is 22.2 Å². The van der Waals surface area contributed by atoms with E-state index >= 15 is 0 Å². The summed E-state index contributed by atoms with van der Waals surface area (Å²) in [6.45, 7) is 5.46. The number of hydrogen-bond donors (Lipinski definition) is 2. The monoisotopic (exact) mass is 279 g/mol. The summed E-state index contributed by atoms with van der Waals surface area (Å²) in [4.78, 5) is 14.6. The van der Waals surface area contributed by atoms with Gasteiger partial charge in [-0.3, -0.25) is 9.48 Å². The topological polar surface area (TPSA) is 76.2 Å². The second-order valence-electron chi connectivity index (χ2n) is 5.55. The standard InChI is InChI=1S/C14H25N5O/c1-3-6-19-7-4-12(5-8-19)17-14(20)13(15)11-9-16-18(2)10-11/h9-10,12-13H,3-8,15H2,1-2H3,(H,17,20). The fourth-order valence-electron chi connectivity index (χ4n) is 2.66. The molecular formula is C14H25N5O. The summed E-state index contributed by atoms with van der Waals surface area (Å²) in [7, 11) is 1.82. The van der Waals surface area contributed by atoms with Gasteiger partial charge >= 0.3 is 0 Å². The van der Waals surface area contributed by atoms with E-state index in [9.17, 15) is 4.79 Å². The zero-order chi connectivity index (χ0) is 14.5. The highest BCUT2D eigenvalue weighted by atomic mass is 16.2. The van der Waals surface area contributed by atoms with Gasteiger partial charge in [0.05, 0.1) is 6.20 Å². The number of rotatable bonds is 5. The van der Waals surface area contributed by atoms with Gasteiger partial charge < -0.3 is 16.0 Å². The Balaban J connectivity index is 1.80. The van der Waals surface area contributed by atoms with Crippen molar-refractivity contribution in [3.05, 3.63) is 18.0 Å². The summed E-state index contributed by atoms with van der Waals surface area (Å²) in [6.07, 6.45) is 6.63. The molecule has 0 aliphatic carbocycles. The van der Waals surface area contributed by atoms with Crippen LogP contribution in [0.1, 0.15) is 37.8 Å². The summed E-state index contributed by atoms with van der Waals surface area (Å²) in [5, 5.41) is 7.11. The molecule has 1 aromatic heterocycles. The van der Waals surface area contributed by atoms with Crippen molar-refractivity contribution in [2.75, 3.05) is 19.6 Å². The van der Waals surface area contributed by atoms with Gasteiger partial charge in [0.25, 0.3) is 0 Å². The molecule has 1 fully saturated rings. The van der Waals surface area contributed by atoms with Crippen molar-refractivity contribution in [2.45, 2.75) is 38.3 Å². The molecule has 0 spiro atoms. The molecule has 1 aromatic rings. The van der Waals surface area contributed by atoms with Gasteiger partial charge in [0.15, 0.2) is 0 Å². The number of nitrogens with zero attached hydrogens (tertiary/aromatic N) is 3. The predicted octanol–water partition coefficient (Wildman–Crippen LogP) is 0.411. The second-order valence-corrected chi connectivity index (χ2v) is 5.55. The van der Waals surface area contributed by atoms with E-state index in [0.29, 0.717) is 0 Å². The average molecular weight is 279 g/mol. The molecule has 2 rings (SSSR count). The van der Waals surface area contributed by atoms with Crippen LogP contribution in [0.2, 0.25) is 0 Å². The van der Waals surface area contributed by atoms with Crippen LogP contribution in [0.4, 0.5) is 0 Å². The van der Waals surface area contributed by atoms with Gasteiger partial charge in [-0.05, 0) is 25.8 Å². The van der Waals surface area contributed by atoms with E-state index in [-0.39, 0.29) is 11.9 Å². The minimum Gasteiger partial charge on any atom is -0.352 e. The number of aromatic nitrogens is 2. The van der Waals surface area contributed by atoms with Crippen LogP contribution < -0.4 is 11.1 Å². The van der Waals surface area contributed by atoms with E-state index in [0.717, 1.165) is 38.0 Å². The van der Waals surface area contributed by atoms with Gasteiger partial charge in [-0.15, -0.1) is 0 Å². The minimum absolute atomic E-state index is 0.105. The molecule has 1 unspecified atom stereocenters. The molecule has 0 radical (unpaired) electrons. The maximum atomic E-state index is 12.1. The Morgan fingerprint density at radius 1 is 1.55 bits per heavy atom. The van der Waals surface area contributed by atoms with Gasteiger partial charge in [0, 0.05) is 37.9 Å². The largest absolute Gasteiger partial charge is 0.352 e. The Hall–Kier alpha value is -1.40. The van der Waals surface area contributed by atoms with Gasteiger partial charge in [0.2, 0.25) is 5.91 Å². The highest BCUT2D eigenvalue weighted by Gasteiger charge is 2.23. The molecule has 0 bridgehead atoms. The first-order valence-corrected chi connectivity index (χ1v) is 7.37. The van der Waals surface area contributed by atoms with Crippen LogP contribution in [0.25, 0.3) is 0 Å². The molecule has 1 atom stereocenters. The van der Waals surface area contributed by atoms with E-state index in [4.69, 9.17) is 5.73 Å². The predicted molar refractivity (Wildman–Crippen MR) is 78.0 cm³/mol. The van der Waals surface area contributed by atoms with Gasteiger partial charge in [-0.1, -0.05) is 6.92 Å². The van der Waals surface area contributed by atoms with Crippen molar-refractivity contribution in [1.82, 2.24) is 20.0 Å². The van der Waals surface area contributed by atoms with E-state index in [1.807, 2.05) is 7.05 Å². The Bertz CT molecular complexity index is 437. The molecule has 2 heterocycles. The number of hydrogen-bond acceptors (Lipinski definition) is 4. The first-order valence-electron chi connectivity index (χ1n) is 7.37. The van der Waals surface area contributed by atoms with E-state index < -0.39 is 6.04 Å². The number of piperidine rings is 1. The number of carbonyl (C=O) groups excluding carboxylic acids is 1. The highest BCUT2D eigenvalue weighted by Crippen LogP contribution is 2.13. The molecule has 1 amide bonds. The number of likely N-dealkylation sites (tertiary alicyclic amines) is 1. The summed E-state index contributed by atoms with van der Waals surface area (Å²) in [5.74, 6) is -0.105. The Morgan fingerprint density at radius 3 is 2.80 bits per heavy atom. The fourth-order valence-corrected chi connectivity index (χ4v) is 2.66. The highest BCUT2D eigenvalue weighted by molar-refractivity contribution is 5.83. The molecule has 1 aliphatic heterocycles.